The number of piperidine rings is 1. The van der Waals surface area contributed by atoms with Crippen molar-refractivity contribution in [3.8, 4) is 0 Å². The molecule has 0 radical (unpaired) electrons. The van der Waals surface area contributed by atoms with Gasteiger partial charge >= 0.3 is 0 Å². The molecule has 1 aromatic carbocycles. The minimum Gasteiger partial charge on any atom is -0.341 e. The van der Waals surface area contributed by atoms with Crippen molar-refractivity contribution in [3.63, 3.8) is 0 Å². The maximum Gasteiger partial charge on any atom is 0.242 e. The van der Waals surface area contributed by atoms with Gasteiger partial charge in [0.1, 0.15) is 6.54 Å². The third-order valence-corrected chi connectivity index (χ3v) is 7.41. The van der Waals surface area contributed by atoms with Crippen molar-refractivity contribution in [2.75, 3.05) is 13.1 Å². The lowest BCUT2D eigenvalue weighted by molar-refractivity contribution is -0.186. The van der Waals surface area contributed by atoms with Crippen LogP contribution in [0.2, 0.25) is 0 Å². The normalized spacial score (nSPS) is 24.1. The van der Waals surface area contributed by atoms with Crippen molar-refractivity contribution in [2.24, 2.45) is 5.41 Å². The second-order valence-corrected chi connectivity index (χ2v) is 9.09. The Labute approximate surface area is 177 Å². The lowest BCUT2D eigenvalue weighted by Crippen LogP contribution is -2.67. The second-order valence-electron chi connectivity index (χ2n) is 9.09. The number of β-lactam (4-membered cyclic amide) rings is 1. The summed E-state index contributed by atoms with van der Waals surface area (Å²) in [6.07, 6.45) is 12.5. The Morgan fingerprint density at radius 3 is 2.47 bits per heavy atom. The van der Waals surface area contributed by atoms with Crippen LogP contribution in [0, 0.1) is 5.41 Å². The van der Waals surface area contributed by atoms with Gasteiger partial charge in [-0.15, -0.1) is 0 Å². The van der Waals surface area contributed by atoms with Gasteiger partial charge in [-0.2, -0.15) is 0 Å². The summed E-state index contributed by atoms with van der Waals surface area (Å²) >= 11 is 0. The SMILES string of the molecule is O=C(Cn1ccnc1)N1CCC(N2C(=O)C3(CCCCC3)C2c2ccccc2)CC1. The van der Waals surface area contributed by atoms with Crippen LogP contribution in [-0.4, -0.2) is 50.3 Å². The molecular formula is C24H30N4O2. The molecule has 0 N–H and O–H groups in total. The van der Waals surface area contributed by atoms with Crippen molar-refractivity contribution in [1.82, 2.24) is 19.4 Å². The Kier molecular flexibility index (Phi) is 5.09. The van der Waals surface area contributed by atoms with Crippen LogP contribution in [0.25, 0.3) is 0 Å². The van der Waals surface area contributed by atoms with Crippen LogP contribution in [0.5, 0.6) is 0 Å². The van der Waals surface area contributed by atoms with Gasteiger partial charge in [0, 0.05) is 31.5 Å². The zero-order chi connectivity index (χ0) is 20.6. The summed E-state index contributed by atoms with van der Waals surface area (Å²) in [5.74, 6) is 0.490. The van der Waals surface area contributed by atoms with E-state index in [9.17, 15) is 9.59 Å². The van der Waals surface area contributed by atoms with Crippen molar-refractivity contribution in [1.29, 1.82) is 0 Å². The van der Waals surface area contributed by atoms with E-state index in [1.54, 1.807) is 12.5 Å². The lowest BCUT2D eigenvalue weighted by Gasteiger charge is -2.61. The van der Waals surface area contributed by atoms with Gasteiger partial charge in [0.2, 0.25) is 11.8 Å². The molecule has 1 unspecified atom stereocenters. The molecule has 6 heteroatoms. The number of benzene rings is 1. The molecule has 3 heterocycles. The van der Waals surface area contributed by atoms with Crippen LogP contribution in [0.15, 0.2) is 49.1 Å². The third-order valence-electron chi connectivity index (χ3n) is 7.41. The zero-order valence-electron chi connectivity index (χ0n) is 17.4. The molecule has 2 amide bonds. The first kappa shape index (κ1) is 19.3. The molecule has 2 aromatic rings. The summed E-state index contributed by atoms with van der Waals surface area (Å²) in [6.45, 7) is 1.77. The van der Waals surface area contributed by atoms with Crippen LogP contribution >= 0.6 is 0 Å². The topological polar surface area (TPSA) is 58.4 Å². The fraction of sp³-hybridized carbons (Fsp3) is 0.542. The summed E-state index contributed by atoms with van der Waals surface area (Å²) in [7, 11) is 0. The van der Waals surface area contributed by atoms with Crippen molar-refractivity contribution in [2.45, 2.75) is 63.6 Å². The van der Waals surface area contributed by atoms with E-state index in [-0.39, 0.29) is 23.4 Å². The molecule has 6 nitrogen and oxygen atoms in total. The Hall–Kier alpha value is -2.63. The number of hydrogen-bond donors (Lipinski definition) is 0. The quantitative estimate of drug-likeness (QED) is 0.731. The summed E-state index contributed by atoms with van der Waals surface area (Å²) in [5.41, 5.74) is 1.09. The molecule has 2 aliphatic heterocycles. The lowest BCUT2D eigenvalue weighted by atomic mass is 9.59. The summed E-state index contributed by atoms with van der Waals surface area (Å²) in [5, 5.41) is 0. The molecule has 1 aromatic heterocycles. The van der Waals surface area contributed by atoms with Crippen LogP contribution in [0.4, 0.5) is 0 Å². The molecule has 3 aliphatic rings. The summed E-state index contributed by atoms with van der Waals surface area (Å²) in [6, 6.07) is 11.0. The molecular weight excluding hydrogens is 376 g/mol. The Balaban J connectivity index is 1.29. The van der Waals surface area contributed by atoms with Crippen molar-refractivity contribution >= 4 is 11.8 Å². The zero-order valence-corrected chi connectivity index (χ0v) is 17.4. The Morgan fingerprint density at radius 1 is 1.07 bits per heavy atom. The van der Waals surface area contributed by atoms with Crippen LogP contribution in [0.1, 0.15) is 56.6 Å². The van der Waals surface area contributed by atoms with Gasteiger partial charge in [0.25, 0.3) is 0 Å². The van der Waals surface area contributed by atoms with Gasteiger partial charge in [-0.1, -0.05) is 49.6 Å². The molecule has 1 spiro atoms. The molecule has 2 saturated heterocycles. The van der Waals surface area contributed by atoms with Crippen LogP contribution in [0.3, 0.4) is 0 Å². The second kappa shape index (κ2) is 7.89. The molecule has 1 aliphatic carbocycles. The number of imidazole rings is 1. The fourth-order valence-corrected chi connectivity index (χ4v) is 5.88. The van der Waals surface area contributed by atoms with E-state index in [1.165, 1.54) is 12.0 Å². The summed E-state index contributed by atoms with van der Waals surface area (Å²) < 4.78 is 1.81. The van der Waals surface area contributed by atoms with E-state index >= 15 is 0 Å². The third kappa shape index (κ3) is 3.22. The number of rotatable bonds is 4. The maximum atomic E-state index is 13.5. The van der Waals surface area contributed by atoms with Gasteiger partial charge in [-0.3, -0.25) is 9.59 Å². The van der Waals surface area contributed by atoms with Gasteiger partial charge in [0.15, 0.2) is 0 Å². The highest BCUT2D eigenvalue weighted by atomic mass is 16.2. The average Bonchev–Trinajstić information content (AvgIpc) is 3.31. The van der Waals surface area contributed by atoms with Gasteiger partial charge < -0.3 is 14.4 Å². The van der Waals surface area contributed by atoms with Crippen LogP contribution < -0.4 is 0 Å². The largest absolute Gasteiger partial charge is 0.341 e. The monoisotopic (exact) mass is 406 g/mol. The first-order chi connectivity index (χ1) is 14.7. The highest BCUT2D eigenvalue weighted by Gasteiger charge is 2.62. The average molecular weight is 407 g/mol. The van der Waals surface area contributed by atoms with Gasteiger partial charge in [-0.25, -0.2) is 4.98 Å². The predicted octanol–water partition coefficient (Wildman–Crippen LogP) is 3.41. The number of hydrogen-bond acceptors (Lipinski definition) is 3. The highest BCUT2D eigenvalue weighted by Crippen LogP contribution is 2.59. The molecule has 3 fully saturated rings. The maximum absolute atomic E-state index is 13.5. The van der Waals surface area contributed by atoms with E-state index in [1.807, 2.05) is 21.7 Å². The number of amides is 2. The van der Waals surface area contributed by atoms with E-state index in [0.717, 1.165) is 51.6 Å². The van der Waals surface area contributed by atoms with E-state index in [0.29, 0.717) is 12.5 Å². The highest BCUT2D eigenvalue weighted by molar-refractivity contribution is 5.91. The number of nitrogens with zero attached hydrogens (tertiary/aromatic N) is 4. The predicted molar refractivity (Wildman–Crippen MR) is 113 cm³/mol. The molecule has 0 bridgehead atoms. The molecule has 5 rings (SSSR count). The molecule has 30 heavy (non-hydrogen) atoms. The molecule has 1 atom stereocenters. The minimum absolute atomic E-state index is 0.129. The summed E-state index contributed by atoms with van der Waals surface area (Å²) in [4.78, 5) is 34.2. The number of likely N-dealkylation sites (tertiary alicyclic amines) is 2. The first-order valence-electron chi connectivity index (χ1n) is 11.3. The fourth-order valence-electron chi connectivity index (χ4n) is 5.88. The van der Waals surface area contributed by atoms with E-state index in [2.05, 4.69) is 34.1 Å². The Morgan fingerprint density at radius 2 is 1.80 bits per heavy atom. The number of aromatic nitrogens is 2. The van der Waals surface area contributed by atoms with Gasteiger partial charge in [0.05, 0.1) is 17.8 Å². The number of carbonyl (C=O) groups excluding carboxylic acids is 2. The van der Waals surface area contributed by atoms with Crippen LogP contribution in [-0.2, 0) is 16.1 Å². The smallest absolute Gasteiger partial charge is 0.242 e. The van der Waals surface area contributed by atoms with Gasteiger partial charge in [-0.05, 0) is 31.2 Å². The van der Waals surface area contributed by atoms with E-state index < -0.39 is 0 Å². The van der Waals surface area contributed by atoms with Crippen molar-refractivity contribution in [3.05, 3.63) is 54.6 Å². The Bertz CT molecular complexity index is 881. The number of carbonyl (C=O) groups is 2. The minimum atomic E-state index is -0.187. The first-order valence-corrected chi connectivity index (χ1v) is 11.3. The van der Waals surface area contributed by atoms with E-state index in [4.69, 9.17) is 0 Å². The molecule has 158 valence electrons. The molecule has 1 saturated carbocycles. The van der Waals surface area contributed by atoms with Crippen molar-refractivity contribution < 1.29 is 9.59 Å². The standard InChI is InChI=1S/C24H30N4O2/c29-21(17-26-16-13-25-18-26)27-14-9-20(10-15-27)28-22(19-7-3-1-4-8-19)24(23(28)30)11-5-2-6-12-24/h1,3-4,7-8,13,16,18,20,22H,2,5-6,9-12,14-15,17H2.